The smallest absolute Gasteiger partial charge is 0.416 e. The number of aromatic hydroxyl groups is 1. The van der Waals surface area contributed by atoms with Crippen LogP contribution in [0.1, 0.15) is 58.1 Å². The Kier molecular flexibility index (Phi) is 8.39. The zero-order valence-electron chi connectivity index (χ0n) is 25.9. The van der Waals surface area contributed by atoms with Gasteiger partial charge in [0.2, 0.25) is 11.7 Å². The van der Waals surface area contributed by atoms with Crippen molar-refractivity contribution in [3.05, 3.63) is 80.0 Å². The Morgan fingerprint density at radius 3 is 2.67 bits per heavy atom. The maximum atomic E-state index is 14.2. The predicted molar refractivity (Wildman–Crippen MR) is 172 cm³/mol. The quantitative estimate of drug-likeness (QED) is 0.307. The van der Waals surface area contributed by atoms with Crippen molar-refractivity contribution in [1.29, 1.82) is 0 Å². The van der Waals surface area contributed by atoms with Gasteiger partial charge in [0.15, 0.2) is 17.3 Å². The number of ether oxygens (including phenoxy) is 1. The lowest BCUT2D eigenvalue weighted by Gasteiger charge is -2.38. The largest absolute Gasteiger partial charge is 0.504 e. The van der Waals surface area contributed by atoms with E-state index in [2.05, 4.69) is 25.4 Å². The number of hydrogen-bond donors (Lipinski definition) is 2. The molecule has 0 unspecified atom stereocenters. The van der Waals surface area contributed by atoms with Crippen molar-refractivity contribution in [2.45, 2.75) is 49.4 Å². The average Bonchev–Trinajstić information content (AvgIpc) is 3.69. The molecule has 6 heterocycles. The third-order valence-electron chi connectivity index (χ3n) is 8.98. The van der Waals surface area contributed by atoms with E-state index < -0.39 is 28.3 Å². The summed E-state index contributed by atoms with van der Waals surface area (Å²) in [5.41, 5.74) is 0.668. The lowest BCUT2D eigenvalue weighted by molar-refractivity contribution is -0.137. The molecule has 0 atom stereocenters. The molecule has 18 heteroatoms. The number of benzene rings is 1. The third-order valence-corrected chi connectivity index (χ3v) is 10.9. The molecule has 3 aliphatic rings. The molecule has 0 radical (unpaired) electrons. The van der Waals surface area contributed by atoms with E-state index in [9.17, 15) is 32.7 Å². The first kappa shape index (κ1) is 33.0. The number of amides is 2. The summed E-state index contributed by atoms with van der Waals surface area (Å²) in [6.07, 6.45) is -0.217. The molecule has 0 aliphatic carbocycles. The number of carbonyl (C=O) groups excluding carboxylic acids is 2. The number of fused-ring (bicyclic) bond motifs is 3. The molecule has 256 valence electrons. The van der Waals surface area contributed by atoms with E-state index in [-0.39, 0.29) is 58.8 Å². The zero-order chi connectivity index (χ0) is 34.7. The van der Waals surface area contributed by atoms with E-state index in [4.69, 9.17) is 16.3 Å². The van der Waals surface area contributed by atoms with Gasteiger partial charge in [-0.15, -0.1) is 16.9 Å². The number of likely N-dealkylation sites (tertiary alicyclic amines) is 1. The monoisotopic (exact) mass is 716 g/mol. The molecule has 1 aromatic carbocycles. The molecule has 2 N–H and O–H groups in total. The zero-order valence-corrected chi connectivity index (χ0v) is 27.5. The number of halogens is 4. The van der Waals surface area contributed by atoms with Gasteiger partial charge in [-0.3, -0.25) is 14.4 Å². The second kappa shape index (κ2) is 12.4. The minimum absolute atomic E-state index is 0.00398. The van der Waals surface area contributed by atoms with Crippen LogP contribution in [0.15, 0.2) is 35.4 Å². The van der Waals surface area contributed by atoms with Crippen molar-refractivity contribution in [2.24, 2.45) is 0 Å². The van der Waals surface area contributed by atoms with Crippen LogP contribution in [0.4, 0.5) is 18.9 Å². The molecule has 7 rings (SSSR count). The summed E-state index contributed by atoms with van der Waals surface area (Å²) in [7, 11) is 0. The Morgan fingerprint density at radius 1 is 1.20 bits per heavy atom. The second-order valence-corrected chi connectivity index (χ2v) is 13.7. The first-order valence-corrected chi connectivity index (χ1v) is 16.6. The highest BCUT2D eigenvalue weighted by Crippen LogP contribution is 2.52. The number of aromatic nitrogens is 6. The maximum Gasteiger partial charge on any atom is 0.416 e. The van der Waals surface area contributed by atoms with E-state index >= 15 is 0 Å². The first-order valence-electron chi connectivity index (χ1n) is 15.3. The summed E-state index contributed by atoms with van der Waals surface area (Å²) < 4.78 is 47.0. The lowest BCUT2D eigenvalue weighted by Crippen LogP contribution is -2.45. The van der Waals surface area contributed by atoms with Crippen LogP contribution in [0.5, 0.6) is 5.75 Å². The highest BCUT2D eigenvalue weighted by Gasteiger charge is 2.47. The van der Waals surface area contributed by atoms with E-state index in [1.165, 1.54) is 22.6 Å². The Morgan fingerprint density at radius 2 is 1.98 bits per heavy atom. The normalized spacial score (nSPS) is 17.3. The molecule has 1 fully saturated rings. The third kappa shape index (κ3) is 5.93. The molecular formula is C31H28ClF3N8O5S. The fourth-order valence-corrected chi connectivity index (χ4v) is 8.15. The highest BCUT2D eigenvalue weighted by molar-refractivity contribution is 7.99. The number of anilines is 1. The van der Waals surface area contributed by atoms with Crippen molar-refractivity contribution in [3.63, 3.8) is 0 Å². The Balaban J connectivity index is 1.23. The molecule has 3 aliphatic heterocycles. The Bertz CT molecular complexity index is 2110. The lowest BCUT2D eigenvalue weighted by atomic mass is 9.88. The molecule has 0 bridgehead atoms. The second-order valence-electron chi connectivity index (χ2n) is 11.9. The van der Waals surface area contributed by atoms with Crippen LogP contribution in [-0.2, 0) is 32.8 Å². The Labute approximate surface area is 285 Å². The fraction of sp³-hybridized carbons (Fsp3) is 0.387. The van der Waals surface area contributed by atoms with Crippen molar-refractivity contribution < 1.29 is 32.6 Å². The van der Waals surface area contributed by atoms with Crippen molar-refractivity contribution in [2.75, 3.05) is 31.6 Å². The molecular weight excluding hydrogens is 689 g/mol. The summed E-state index contributed by atoms with van der Waals surface area (Å²) in [6, 6.07) is 2.65. The molecule has 3 aromatic heterocycles. The summed E-state index contributed by atoms with van der Waals surface area (Å²) in [6.45, 7) is 2.60. The van der Waals surface area contributed by atoms with Crippen LogP contribution in [0.3, 0.4) is 0 Å². The summed E-state index contributed by atoms with van der Waals surface area (Å²) in [4.78, 5) is 55.1. The summed E-state index contributed by atoms with van der Waals surface area (Å²) in [5.74, 6) is -0.510. The van der Waals surface area contributed by atoms with Crippen LogP contribution in [0, 0.1) is 6.92 Å². The van der Waals surface area contributed by atoms with E-state index in [0.717, 1.165) is 23.8 Å². The van der Waals surface area contributed by atoms with Crippen molar-refractivity contribution in [3.8, 4) is 5.75 Å². The van der Waals surface area contributed by atoms with Gasteiger partial charge in [-0.2, -0.15) is 22.7 Å². The van der Waals surface area contributed by atoms with Crippen LogP contribution >= 0.6 is 23.4 Å². The number of carbonyl (C=O) groups is 2. The first-order chi connectivity index (χ1) is 23.4. The molecule has 13 nitrogen and oxygen atoms in total. The Hall–Kier alpha value is -4.48. The maximum absolute atomic E-state index is 14.2. The van der Waals surface area contributed by atoms with Gasteiger partial charge < -0.3 is 24.6 Å². The van der Waals surface area contributed by atoms with Crippen molar-refractivity contribution in [1.82, 2.24) is 34.0 Å². The van der Waals surface area contributed by atoms with Crippen LogP contribution in [0.25, 0.3) is 11.4 Å². The van der Waals surface area contributed by atoms with Gasteiger partial charge in [-0.25, -0.2) is 9.97 Å². The molecule has 2 amide bonds. The van der Waals surface area contributed by atoms with Gasteiger partial charge in [0.1, 0.15) is 12.9 Å². The number of nitrogens with one attached hydrogen (secondary N) is 1. The number of hydrogen-bond acceptors (Lipinski definition) is 10. The van der Waals surface area contributed by atoms with Gasteiger partial charge in [0.05, 0.1) is 45.5 Å². The number of nitrogens with zero attached hydrogens (tertiary/aromatic N) is 7. The molecule has 4 aromatic rings. The SMILES string of the molecule is Cc1ncnc(C(=O)N2CCC3(CC2)SCc2c3c(=O)n3nc(C4=CCOCC4)nc3n2CC(=O)Nc2ccc(C(F)(F)F)cc2Cl)c1O. The van der Waals surface area contributed by atoms with Gasteiger partial charge in [-0.05, 0) is 50.0 Å². The standard InChI is InChI=1S/C31H28ClF3N8O5S/c1-16-25(45)24(37-15-36-16)28(47)41-8-6-30(7-9-41)23-21(14-49-30)42(13-22(44)38-20-3-2-18(12-19(20)32)31(33,34)35)29-39-26(40-43(29)27(23)46)17-4-10-48-11-5-17/h2-4,12,15,45H,5-11,13-14H2,1H3,(H,38,44). The predicted octanol–water partition coefficient (Wildman–Crippen LogP) is 4.19. The van der Waals surface area contributed by atoms with E-state index in [1.807, 2.05) is 6.08 Å². The van der Waals surface area contributed by atoms with Gasteiger partial charge in [-0.1, -0.05) is 17.7 Å². The van der Waals surface area contributed by atoms with Gasteiger partial charge >= 0.3 is 6.18 Å². The fourth-order valence-electron chi connectivity index (χ4n) is 6.38. The van der Waals surface area contributed by atoms with Crippen LogP contribution < -0.4 is 10.9 Å². The number of rotatable bonds is 5. The van der Waals surface area contributed by atoms with Gasteiger partial charge in [0.25, 0.3) is 11.5 Å². The van der Waals surface area contributed by atoms with E-state index in [0.29, 0.717) is 55.3 Å². The highest BCUT2D eigenvalue weighted by atomic mass is 35.5. The topological polar surface area (TPSA) is 157 Å². The van der Waals surface area contributed by atoms with Crippen LogP contribution in [0.2, 0.25) is 5.02 Å². The van der Waals surface area contributed by atoms with Gasteiger partial charge in [0, 0.05) is 24.5 Å². The molecule has 49 heavy (non-hydrogen) atoms. The average molecular weight is 717 g/mol. The van der Waals surface area contributed by atoms with Crippen LogP contribution in [-0.4, -0.2) is 77.3 Å². The van der Waals surface area contributed by atoms with Crippen molar-refractivity contribution >= 4 is 52.2 Å². The number of aryl methyl sites for hydroxylation is 1. The summed E-state index contributed by atoms with van der Waals surface area (Å²) >= 11 is 7.64. The summed E-state index contributed by atoms with van der Waals surface area (Å²) in [5, 5.41) is 17.3. The number of alkyl halides is 3. The molecule has 1 spiro atoms. The number of thioether (sulfide) groups is 1. The van der Waals surface area contributed by atoms with E-state index in [1.54, 1.807) is 16.4 Å². The minimum atomic E-state index is -4.60. The molecule has 0 saturated carbocycles. The minimum Gasteiger partial charge on any atom is -0.504 e. The number of piperidine rings is 1. The molecule has 1 saturated heterocycles.